The van der Waals surface area contributed by atoms with E-state index in [2.05, 4.69) is 34.2 Å². The SMILES string of the molecule is CCOc1ncnc(NCC2(C)CCN(C)CC2)c1N. The highest BCUT2D eigenvalue weighted by Gasteiger charge is 2.29. The molecule has 0 atom stereocenters. The largest absolute Gasteiger partial charge is 0.476 e. The molecule has 0 spiro atoms. The predicted molar refractivity (Wildman–Crippen MR) is 80.9 cm³/mol. The molecule has 1 saturated heterocycles. The molecule has 0 bridgehead atoms. The molecule has 1 aliphatic rings. The number of anilines is 2. The van der Waals surface area contributed by atoms with Crippen molar-refractivity contribution in [3.63, 3.8) is 0 Å². The Bertz CT molecular complexity index is 443. The number of nitrogen functional groups attached to an aromatic ring is 1. The zero-order valence-corrected chi connectivity index (χ0v) is 12.6. The van der Waals surface area contributed by atoms with E-state index < -0.39 is 0 Å². The summed E-state index contributed by atoms with van der Waals surface area (Å²) < 4.78 is 5.39. The van der Waals surface area contributed by atoms with E-state index in [0.29, 0.717) is 24.0 Å². The minimum atomic E-state index is 0.287. The van der Waals surface area contributed by atoms with Gasteiger partial charge in [-0.3, -0.25) is 0 Å². The second-order valence-electron chi connectivity index (χ2n) is 5.84. The van der Waals surface area contributed by atoms with Crippen LogP contribution in [0.15, 0.2) is 6.33 Å². The summed E-state index contributed by atoms with van der Waals surface area (Å²) in [6.45, 7) is 7.92. The lowest BCUT2D eigenvalue weighted by Crippen LogP contribution is -2.40. The number of hydrogen-bond donors (Lipinski definition) is 2. The molecule has 1 aromatic heterocycles. The molecule has 0 aliphatic carbocycles. The number of ether oxygens (including phenoxy) is 1. The molecule has 1 aliphatic heterocycles. The second kappa shape index (κ2) is 6.26. The van der Waals surface area contributed by atoms with E-state index in [0.717, 1.165) is 19.6 Å². The normalized spacial score (nSPS) is 18.8. The van der Waals surface area contributed by atoms with Crippen molar-refractivity contribution in [1.29, 1.82) is 0 Å². The Morgan fingerprint density at radius 2 is 2.10 bits per heavy atom. The van der Waals surface area contributed by atoms with Crippen molar-refractivity contribution in [2.75, 3.05) is 44.3 Å². The van der Waals surface area contributed by atoms with E-state index in [9.17, 15) is 0 Å². The van der Waals surface area contributed by atoms with Crippen molar-refractivity contribution >= 4 is 11.5 Å². The van der Waals surface area contributed by atoms with Crippen LogP contribution in [0.2, 0.25) is 0 Å². The average Bonchev–Trinajstić information content (AvgIpc) is 2.44. The number of likely N-dealkylation sites (tertiary alicyclic amines) is 1. The maximum atomic E-state index is 6.03. The summed E-state index contributed by atoms with van der Waals surface area (Å²) in [6, 6.07) is 0. The van der Waals surface area contributed by atoms with Crippen LogP contribution in [0.1, 0.15) is 26.7 Å². The van der Waals surface area contributed by atoms with Crippen LogP contribution in [-0.2, 0) is 0 Å². The summed E-state index contributed by atoms with van der Waals surface area (Å²) in [4.78, 5) is 10.6. The van der Waals surface area contributed by atoms with Crippen molar-refractivity contribution in [1.82, 2.24) is 14.9 Å². The van der Waals surface area contributed by atoms with Gasteiger partial charge >= 0.3 is 0 Å². The Morgan fingerprint density at radius 3 is 2.75 bits per heavy atom. The number of aromatic nitrogens is 2. The Morgan fingerprint density at radius 1 is 1.40 bits per heavy atom. The maximum Gasteiger partial charge on any atom is 0.242 e. The molecule has 20 heavy (non-hydrogen) atoms. The minimum absolute atomic E-state index is 0.287. The van der Waals surface area contributed by atoms with E-state index >= 15 is 0 Å². The lowest BCUT2D eigenvalue weighted by molar-refractivity contribution is 0.150. The quantitative estimate of drug-likeness (QED) is 0.852. The van der Waals surface area contributed by atoms with E-state index in [1.807, 2.05) is 6.92 Å². The van der Waals surface area contributed by atoms with Gasteiger partial charge in [-0.2, -0.15) is 4.98 Å². The van der Waals surface area contributed by atoms with Gasteiger partial charge in [0.05, 0.1) is 6.61 Å². The van der Waals surface area contributed by atoms with Crippen molar-refractivity contribution in [3.05, 3.63) is 6.33 Å². The van der Waals surface area contributed by atoms with Crippen molar-refractivity contribution in [3.8, 4) is 5.88 Å². The highest BCUT2D eigenvalue weighted by atomic mass is 16.5. The Labute approximate surface area is 120 Å². The molecule has 0 saturated carbocycles. The summed E-state index contributed by atoms with van der Waals surface area (Å²) in [6.07, 6.45) is 3.85. The molecule has 6 nitrogen and oxygen atoms in total. The third-order valence-corrected chi connectivity index (χ3v) is 4.01. The van der Waals surface area contributed by atoms with E-state index in [-0.39, 0.29) is 5.41 Å². The van der Waals surface area contributed by atoms with Gasteiger partial charge in [0.2, 0.25) is 5.88 Å². The zero-order chi connectivity index (χ0) is 14.6. The predicted octanol–water partition coefficient (Wildman–Crippen LogP) is 1.60. The summed E-state index contributed by atoms with van der Waals surface area (Å²) in [5, 5.41) is 3.36. The zero-order valence-electron chi connectivity index (χ0n) is 12.6. The van der Waals surface area contributed by atoms with Crippen LogP contribution in [0.25, 0.3) is 0 Å². The number of nitrogens with zero attached hydrogens (tertiary/aromatic N) is 3. The lowest BCUT2D eigenvalue weighted by Gasteiger charge is -2.38. The van der Waals surface area contributed by atoms with Gasteiger partial charge in [0.1, 0.15) is 12.0 Å². The molecule has 1 fully saturated rings. The Balaban J connectivity index is 1.98. The molecule has 0 aromatic carbocycles. The molecule has 2 rings (SSSR count). The molecule has 1 aromatic rings. The number of nitrogens with two attached hydrogens (primary N) is 1. The van der Waals surface area contributed by atoms with E-state index in [1.54, 1.807) is 0 Å². The van der Waals surface area contributed by atoms with Gasteiger partial charge in [-0.05, 0) is 45.3 Å². The molecular weight excluding hydrogens is 254 g/mol. The summed E-state index contributed by atoms with van der Waals surface area (Å²) >= 11 is 0. The fourth-order valence-electron chi connectivity index (χ4n) is 2.40. The number of nitrogens with one attached hydrogen (secondary N) is 1. The molecule has 0 radical (unpaired) electrons. The second-order valence-corrected chi connectivity index (χ2v) is 5.84. The summed E-state index contributed by atoms with van der Waals surface area (Å²) in [5.41, 5.74) is 6.81. The molecular formula is C14H25N5O. The molecule has 3 N–H and O–H groups in total. The summed E-state index contributed by atoms with van der Waals surface area (Å²) in [7, 11) is 2.17. The molecule has 0 amide bonds. The first kappa shape index (κ1) is 14.8. The summed E-state index contributed by atoms with van der Waals surface area (Å²) in [5.74, 6) is 1.13. The van der Waals surface area contributed by atoms with Crippen molar-refractivity contribution in [2.45, 2.75) is 26.7 Å². The number of hydrogen-bond acceptors (Lipinski definition) is 6. The number of piperidine rings is 1. The van der Waals surface area contributed by atoms with Crippen LogP contribution in [0.5, 0.6) is 5.88 Å². The van der Waals surface area contributed by atoms with Crippen LogP contribution in [-0.4, -0.2) is 48.2 Å². The molecule has 0 unspecified atom stereocenters. The third-order valence-electron chi connectivity index (χ3n) is 4.01. The first-order valence-corrected chi connectivity index (χ1v) is 7.20. The average molecular weight is 279 g/mol. The van der Waals surface area contributed by atoms with Gasteiger partial charge in [-0.25, -0.2) is 4.98 Å². The van der Waals surface area contributed by atoms with Gasteiger partial charge in [-0.15, -0.1) is 0 Å². The first-order chi connectivity index (χ1) is 9.54. The van der Waals surface area contributed by atoms with Crippen LogP contribution in [0, 0.1) is 5.41 Å². The van der Waals surface area contributed by atoms with Crippen molar-refractivity contribution < 1.29 is 4.74 Å². The van der Waals surface area contributed by atoms with Gasteiger partial charge in [0.15, 0.2) is 5.82 Å². The highest BCUT2D eigenvalue weighted by Crippen LogP contribution is 2.32. The minimum Gasteiger partial charge on any atom is -0.476 e. The molecule has 2 heterocycles. The monoisotopic (exact) mass is 279 g/mol. The fraction of sp³-hybridized carbons (Fsp3) is 0.714. The van der Waals surface area contributed by atoms with Crippen LogP contribution >= 0.6 is 0 Å². The van der Waals surface area contributed by atoms with Gasteiger partial charge < -0.3 is 20.7 Å². The van der Waals surface area contributed by atoms with Gasteiger partial charge in [0.25, 0.3) is 0 Å². The van der Waals surface area contributed by atoms with Gasteiger partial charge in [-0.1, -0.05) is 6.92 Å². The smallest absolute Gasteiger partial charge is 0.242 e. The lowest BCUT2D eigenvalue weighted by atomic mass is 9.80. The standard InChI is InChI=1S/C14H25N5O/c1-4-20-13-11(15)12(17-10-18-13)16-9-14(2)5-7-19(3)8-6-14/h10H,4-9,15H2,1-3H3,(H,16,17,18). The third kappa shape index (κ3) is 3.50. The Kier molecular flexibility index (Phi) is 4.65. The topological polar surface area (TPSA) is 76.3 Å². The molecule has 112 valence electrons. The van der Waals surface area contributed by atoms with E-state index in [1.165, 1.54) is 19.2 Å². The van der Waals surface area contributed by atoms with Crippen LogP contribution < -0.4 is 15.8 Å². The fourth-order valence-corrected chi connectivity index (χ4v) is 2.40. The van der Waals surface area contributed by atoms with Gasteiger partial charge in [0, 0.05) is 6.54 Å². The van der Waals surface area contributed by atoms with Crippen molar-refractivity contribution in [2.24, 2.45) is 5.41 Å². The first-order valence-electron chi connectivity index (χ1n) is 7.20. The highest BCUT2D eigenvalue weighted by molar-refractivity contribution is 5.66. The van der Waals surface area contributed by atoms with Crippen LogP contribution in [0.3, 0.4) is 0 Å². The Hall–Kier alpha value is -1.56. The molecule has 6 heteroatoms. The van der Waals surface area contributed by atoms with E-state index in [4.69, 9.17) is 10.5 Å². The van der Waals surface area contributed by atoms with Crippen LogP contribution in [0.4, 0.5) is 11.5 Å². The maximum absolute atomic E-state index is 6.03. The number of rotatable bonds is 5.